The highest BCUT2D eigenvalue weighted by Crippen LogP contribution is 2.15. The molecule has 0 aliphatic heterocycles. The number of carbonyl (C=O) groups is 1. The maximum Gasteiger partial charge on any atom is 0.387 e. The fourth-order valence-electron chi connectivity index (χ4n) is 1.78. The molecule has 6 heteroatoms. The number of carbonyl (C=O) groups excluding carboxylic acids is 1. The van der Waals surface area contributed by atoms with Crippen molar-refractivity contribution < 1.29 is 22.7 Å². The van der Waals surface area contributed by atoms with Crippen LogP contribution in [0.4, 0.5) is 13.2 Å². The minimum absolute atomic E-state index is 0.0536. The zero-order valence-corrected chi connectivity index (χ0v) is 12.0. The Bertz CT molecular complexity index is 667. The molecule has 0 unspecified atom stereocenters. The van der Waals surface area contributed by atoms with Crippen molar-refractivity contribution in [1.29, 1.82) is 0 Å². The molecule has 0 atom stereocenters. The Labute approximate surface area is 131 Å². The van der Waals surface area contributed by atoms with Crippen LogP contribution in [0.2, 0.25) is 0 Å². The molecule has 0 fully saturated rings. The number of benzene rings is 2. The quantitative estimate of drug-likeness (QED) is 0.823. The number of hydrogen-bond acceptors (Lipinski definition) is 2. The highest BCUT2D eigenvalue weighted by molar-refractivity contribution is 5.91. The van der Waals surface area contributed by atoms with Gasteiger partial charge in [0, 0.05) is 12.6 Å². The van der Waals surface area contributed by atoms with E-state index in [0.717, 1.165) is 5.56 Å². The molecular weight excluding hydrogens is 307 g/mol. The number of nitrogens with one attached hydrogen (secondary N) is 1. The molecule has 2 aromatic carbocycles. The van der Waals surface area contributed by atoms with Gasteiger partial charge in [-0.25, -0.2) is 4.39 Å². The summed E-state index contributed by atoms with van der Waals surface area (Å²) < 4.78 is 41.0. The minimum Gasteiger partial charge on any atom is -0.435 e. The molecular formula is C17H14F3NO2. The summed E-state index contributed by atoms with van der Waals surface area (Å²) in [6.45, 7) is -2.58. The van der Waals surface area contributed by atoms with E-state index in [9.17, 15) is 18.0 Å². The molecule has 0 aliphatic carbocycles. The van der Waals surface area contributed by atoms with Gasteiger partial charge in [0.05, 0.1) is 0 Å². The van der Waals surface area contributed by atoms with Crippen molar-refractivity contribution in [1.82, 2.24) is 5.32 Å². The molecule has 0 saturated carbocycles. The molecule has 3 nitrogen and oxygen atoms in total. The molecule has 0 aliphatic rings. The lowest BCUT2D eigenvalue weighted by molar-refractivity contribution is -0.116. The van der Waals surface area contributed by atoms with Gasteiger partial charge in [-0.15, -0.1) is 0 Å². The second-order valence-electron chi connectivity index (χ2n) is 4.63. The van der Waals surface area contributed by atoms with E-state index in [2.05, 4.69) is 10.1 Å². The van der Waals surface area contributed by atoms with Crippen LogP contribution in [0.3, 0.4) is 0 Å². The first-order valence-electron chi connectivity index (χ1n) is 6.78. The van der Waals surface area contributed by atoms with Crippen LogP contribution in [0.25, 0.3) is 6.08 Å². The van der Waals surface area contributed by atoms with Gasteiger partial charge in [-0.05, 0) is 41.5 Å². The van der Waals surface area contributed by atoms with Crippen molar-refractivity contribution in [3.05, 3.63) is 71.6 Å². The normalized spacial score (nSPS) is 11.0. The predicted molar refractivity (Wildman–Crippen MR) is 80.4 cm³/mol. The number of ether oxygens (including phenoxy) is 1. The molecule has 120 valence electrons. The summed E-state index contributed by atoms with van der Waals surface area (Å²) in [5.74, 6) is -0.598. The highest BCUT2D eigenvalue weighted by atomic mass is 19.3. The van der Waals surface area contributed by atoms with E-state index in [1.165, 1.54) is 30.3 Å². The van der Waals surface area contributed by atoms with Gasteiger partial charge in [0.2, 0.25) is 5.91 Å². The Hall–Kier alpha value is -2.76. The Balaban J connectivity index is 1.84. The van der Waals surface area contributed by atoms with E-state index in [1.54, 1.807) is 30.3 Å². The van der Waals surface area contributed by atoms with Crippen LogP contribution in [0, 0.1) is 5.82 Å². The maximum atomic E-state index is 12.7. The van der Waals surface area contributed by atoms with E-state index < -0.39 is 6.61 Å². The summed E-state index contributed by atoms with van der Waals surface area (Å²) in [4.78, 5) is 11.7. The predicted octanol–water partition coefficient (Wildman–Crippen LogP) is 3.76. The fourth-order valence-corrected chi connectivity index (χ4v) is 1.78. The highest BCUT2D eigenvalue weighted by Gasteiger charge is 2.03. The molecule has 0 spiro atoms. The van der Waals surface area contributed by atoms with Crippen molar-refractivity contribution in [3.63, 3.8) is 0 Å². The molecule has 2 rings (SSSR count). The number of amides is 1. The standard InChI is InChI=1S/C17H14F3NO2/c18-14-6-1-13(2-7-14)11-21-16(22)10-5-12-3-8-15(9-4-12)23-17(19)20/h1-10,17H,11H2,(H,21,22)/b10-5+. The summed E-state index contributed by atoms with van der Waals surface area (Å²) in [7, 11) is 0. The van der Waals surface area contributed by atoms with Gasteiger partial charge >= 0.3 is 6.61 Å². The van der Waals surface area contributed by atoms with Gasteiger partial charge in [-0.1, -0.05) is 24.3 Å². The van der Waals surface area contributed by atoms with Crippen molar-refractivity contribution >= 4 is 12.0 Å². The number of alkyl halides is 2. The lowest BCUT2D eigenvalue weighted by Crippen LogP contribution is -2.20. The molecule has 1 amide bonds. The summed E-state index contributed by atoms with van der Waals surface area (Å²) in [5, 5.41) is 2.65. The van der Waals surface area contributed by atoms with Crippen LogP contribution >= 0.6 is 0 Å². The largest absolute Gasteiger partial charge is 0.435 e. The Kier molecular flexibility index (Phi) is 5.80. The molecule has 0 heterocycles. The Morgan fingerprint density at radius 1 is 1.09 bits per heavy atom. The van der Waals surface area contributed by atoms with E-state index in [-0.39, 0.29) is 24.0 Å². The van der Waals surface area contributed by atoms with Crippen LogP contribution in [-0.4, -0.2) is 12.5 Å². The van der Waals surface area contributed by atoms with E-state index in [4.69, 9.17) is 0 Å². The van der Waals surface area contributed by atoms with E-state index in [1.807, 2.05) is 0 Å². The topological polar surface area (TPSA) is 38.3 Å². The lowest BCUT2D eigenvalue weighted by atomic mass is 10.2. The van der Waals surface area contributed by atoms with Crippen LogP contribution in [-0.2, 0) is 11.3 Å². The molecule has 23 heavy (non-hydrogen) atoms. The average molecular weight is 321 g/mol. The molecule has 0 bridgehead atoms. The first kappa shape index (κ1) is 16.6. The molecule has 2 aromatic rings. The van der Waals surface area contributed by atoms with Gasteiger partial charge in [0.1, 0.15) is 11.6 Å². The summed E-state index contributed by atoms with van der Waals surface area (Å²) >= 11 is 0. The lowest BCUT2D eigenvalue weighted by Gasteiger charge is -2.04. The van der Waals surface area contributed by atoms with Crippen molar-refractivity contribution in [2.45, 2.75) is 13.2 Å². The van der Waals surface area contributed by atoms with Gasteiger partial charge in [-0.3, -0.25) is 4.79 Å². The fraction of sp³-hybridized carbons (Fsp3) is 0.118. The van der Waals surface area contributed by atoms with Crippen LogP contribution in [0.1, 0.15) is 11.1 Å². The zero-order valence-electron chi connectivity index (χ0n) is 12.0. The number of hydrogen-bond donors (Lipinski definition) is 1. The Morgan fingerprint density at radius 3 is 2.35 bits per heavy atom. The van der Waals surface area contributed by atoms with E-state index in [0.29, 0.717) is 5.56 Å². The summed E-state index contributed by atoms with van der Waals surface area (Å²) in [5.41, 5.74) is 1.45. The monoisotopic (exact) mass is 321 g/mol. The third-order valence-electron chi connectivity index (χ3n) is 2.91. The summed E-state index contributed by atoms with van der Waals surface area (Å²) in [6.07, 6.45) is 2.87. The second kappa shape index (κ2) is 8.03. The second-order valence-corrected chi connectivity index (χ2v) is 4.63. The number of halogens is 3. The average Bonchev–Trinajstić information content (AvgIpc) is 2.53. The van der Waals surface area contributed by atoms with Crippen molar-refractivity contribution in [2.24, 2.45) is 0 Å². The minimum atomic E-state index is -2.87. The Morgan fingerprint density at radius 2 is 1.74 bits per heavy atom. The van der Waals surface area contributed by atoms with Crippen molar-refractivity contribution in [2.75, 3.05) is 0 Å². The molecule has 1 N–H and O–H groups in total. The first-order valence-corrected chi connectivity index (χ1v) is 6.78. The molecule has 0 saturated heterocycles. The smallest absolute Gasteiger partial charge is 0.387 e. The third kappa shape index (κ3) is 5.86. The molecule has 0 aromatic heterocycles. The van der Waals surface area contributed by atoms with E-state index >= 15 is 0 Å². The van der Waals surface area contributed by atoms with Crippen molar-refractivity contribution in [3.8, 4) is 5.75 Å². The SMILES string of the molecule is O=C(/C=C/c1ccc(OC(F)F)cc1)NCc1ccc(F)cc1. The first-order chi connectivity index (χ1) is 11.0. The van der Waals surface area contributed by atoms with Gasteiger partial charge in [0.25, 0.3) is 0 Å². The van der Waals surface area contributed by atoms with Gasteiger partial charge < -0.3 is 10.1 Å². The molecule has 0 radical (unpaired) electrons. The zero-order chi connectivity index (χ0) is 16.7. The maximum absolute atomic E-state index is 12.7. The van der Waals surface area contributed by atoms with Gasteiger partial charge in [0.15, 0.2) is 0 Å². The van der Waals surface area contributed by atoms with Crippen LogP contribution in [0.5, 0.6) is 5.75 Å². The van der Waals surface area contributed by atoms with Crippen LogP contribution in [0.15, 0.2) is 54.6 Å². The number of rotatable bonds is 6. The van der Waals surface area contributed by atoms with Crippen LogP contribution < -0.4 is 10.1 Å². The van der Waals surface area contributed by atoms with Gasteiger partial charge in [-0.2, -0.15) is 8.78 Å². The summed E-state index contributed by atoms with van der Waals surface area (Å²) in [6, 6.07) is 11.7. The third-order valence-corrected chi connectivity index (χ3v) is 2.91.